The molecular formula is C26H23IN4O3S. The van der Waals surface area contributed by atoms with Crippen molar-refractivity contribution in [1.82, 2.24) is 10.4 Å². The SMILES string of the molecule is CCOc1cc(/C=N\NC(=O)c2ccc(-c3csc(Nc4ccccc4)n3)cc2)cc(I)c1OC. The summed E-state index contributed by atoms with van der Waals surface area (Å²) in [4.78, 5) is 17.2. The molecule has 0 radical (unpaired) electrons. The van der Waals surface area contributed by atoms with E-state index in [1.807, 2.05) is 66.9 Å². The summed E-state index contributed by atoms with van der Waals surface area (Å²) in [5, 5.41) is 10.2. The molecule has 0 unspecified atom stereocenters. The summed E-state index contributed by atoms with van der Waals surface area (Å²) in [6.45, 7) is 2.43. The number of thiazole rings is 1. The van der Waals surface area contributed by atoms with Gasteiger partial charge in [0.15, 0.2) is 16.6 Å². The van der Waals surface area contributed by atoms with Gasteiger partial charge in [0, 0.05) is 22.2 Å². The summed E-state index contributed by atoms with van der Waals surface area (Å²) in [6, 6.07) is 20.9. The first kappa shape index (κ1) is 24.7. The Bertz CT molecular complexity index is 1320. The quantitative estimate of drug-likeness (QED) is 0.134. The number of hydrogen-bond donors (Lipinski definition) is 2. The average Bonchev–Trinajstić information content (AvgIpc) is 3.33. The second-order valence-electron chi connectivity index (χ2n) is 7.27. The molecule has 0 saturated carbocycles. The van der Waals surface area contributed by atoms with Gasteiger partial charge in [-0.25, -0.2) is 10.4 Å². The number of halogens is 1. The first-order valence-electron chi connectivity index (χ1n) is 10.8. The number of methoxy groups -OCH3 is 1. The standard InChI is InChI=1S/C26H23IN4O3S/c1-3-34-23-14-17(13-21(27)24(23)33-2)15-28-31-25(32)19-11-9-18(10-12-19)22-16-35-26(30-22)29-20-7-5-4-6-8-20/h4-16H,3H2,1-2H3,(H,29,30)(H,31,32)/b28-15-. The highest BCUT2D eigenvalue weighted by Gasteiger charge is 2.11. The van der Waals surface area contributed by atoms with E-state index in [2.05, 4.69) is 43.4 Å². The Morgan fingerprint density at radius 2 is 1.91 bits per heavy atom. The maximum atomic E-state index is 12.5. The third kappa shape index (κ3) is 6.37. The van der Waals surface area contributed by atoms with Crippen LogP contribution in [0.2, 0.25) is 0 Å². The highest BCUT2D eigenvalue weighted by molar-refractivity contribution is 14.1. The number of anilines is 2. The molecule has 1 heterocycles. The zero-order valence-electron chi connectivity index (χ0n) is 19.1. The molecule has 0 aliphatic heterocycles. The summed E-state index contributed by atoms with van der Waals surface area (Å²) in [6.07, 6.45) is 1.58. The minimum Gasteiger partial charge on any atom is -0.492 e. The van der Waals surface area contributed by atoms with Crippen LogP contribution in [0.5, 0.6) is 11.5 Å². The maximum Gasteiger partial charge on any atom is 0.271 e. The molecule has 3 aromatic carbocycles. The number of aromatic nitrogens is 1. The molecule has 4 rings (SSSR count). The van der Waals surface area contributed by atoms with E-state index in [0.29, 0.717) is 23.7 Å². The fourth-order valence-electron chi connectivity index (χ4n) is 3.25. The number of amides is 1. The van der Waals surface area contributed by atoms with E-state index in [-0.39, 0.29) is 5.91 Å². The summed E-state index contributed by atoms with van der Waals surface area (Å²) < 4.78 is 11.9. The fourth-order valence-corrected chi connectivity index (χ4v) is 4.84. The van der Waals surface area contributed by atoms with Gasteiger partial charge in [0.2, 0.25) is 0 Å². The van der Waals surface area contributed by atoms with Crippen LogP contribution < -0.4 is 20.2 Å². The number of nitrogens with one attached hydrogen (secondary N) is 2. The molecule has 0 aliphatic carbocycles. The van der Waals surface area contributed by atoms with Crippen molar-refractivity contribution in [2.45, 2.75) is 6.92 Å². The van der Waals surface area contributed by atoms with E-state index in [9.17, 15) is 4.79 Å². The number of carbonyl (C=O) groups is 1. The Morgan fingerprint density at radius 3 is 2.63 bits per heavy atom. The average molecular weight is 598 g/mol. The van der Waals surface area contributed by atoms with Crippen molar-refractivity contribution in [2.24, 2.45) is 5.10 Å². The summed E-state index contributed by atoms with van der Waals surface area (Å²) in [5.74, 6) is 1.01. The zero-order valence-corrected chi connectivity index (χ0v) is 22.1. The van der Waals surface area contributed by atoms with Crippen LogP contribution in [0.15, 0.2) is 77.2 Å². The van der Waals surface area contributed by atoms with Crippen LogP contribution in [0.3, 0.4) is 0 Å². The molecule has 1 amide bonds. The van der Waals surface area contributed by atoms with Crippen LogP contribution in [-0.2, 0) is 0 Å². The molecule has 178 valence electrons. The van der Waals surface area contributed by atoms with Crippen molar-refractivity contribution in [1.29, 1.82) is 0 Å². The van der Waals surface area contributed by atoms with Gasteiger partial charge in [-0.05, 0) is 71.5 Å². The van der Waals surface area contributed by atoms with Gasteiger partial charge in [-0.3, -0.25) is 4.79 Å². The van der Waals surface area contributed by atoms with E-state index in [1.54, 1.807) is 25.5 Å². The lowest BCUT2D eigenvalue weighted by molar-refractivity contribution is 0.0955. The summed E-state index contributed by atoms with van der Waals surface area (Å²) in [7, 11) is 1.61. The predicted octanol–water partition coefficient (Wildman–Crippen LogP) is 6.33. The van der Waals surface area contributed by atoms with Gasteiger partial charge in [-0.15, -0.1) is 11.3 Å². The van der Waals surface area contributed by atoms with E-state index >= 15 is 0 Å². The smallest absolute Gasteiger partial charge is 0.271 e. The molecule has 0 spiro atoms. The Morgan fingerprint density at radius 1 is 1.14 bits per heavy atom. The highest BCUT2D eigenvalue weighted by Crippen LogP contribution is 2.33. The molecule has 2 N–H and O–H groups in total. The molecule has 0 bridgehead atoms. The molecule has 7 nitrogen and oxygen atoms in total. The summed E-state index contributed by atoms with van der Waals surface area (Å²) >= 11 is 3.71. The minimum absolute atomic E-state index is 0.300. The lowest BCUT2D eigenvalue weighted by Gasteiger charge is -2.11. The lowest BCUT2D eigenvalue weighted by atomic mass is 10.1. The largest absolute Gasteiger partial charge is 0.492 e. The molecule has 0 aliphatic rings. The fraction of sp³-hybridized carbons (Fsp3) is 0.115. The van der Waals surface area contributed by atoms with E-state index < -0.39 is 0 Å². The predicted molar refractivity (Wildman–Crippen MR) is 149 cm³/mol. The van der Waals surface area contributed by atoms with Gasteiger partial charge in [-0.2, -0.15) is 5.10 Å². The van der Waals surface area contributed by atoms with Crippen LogP contribution in [0, 0.1) is 3.57 Å². The monoisotopic (exact) mass is 598 g/mol. The van der Waals surface area contributed by atoms with Gasteiger partial charge in [0.05, 0.1) is 29.2 Å². The van der Waals surface area contributed by atoms with Gasteiger partial charge in [0.25, 0.3) is 5.91 Å². The second-order valence-corrected chi connectivity index (χ2v) is 9.29. The van der Waals surface area contributed by atoms with Crippen LogP contribution >= 0.6 is 33.9 Å². The van der Waals surface area contributed by atoms with Gasteiger partial charge in [-0.1, -0.05) is 30.3 Å². The molecule has 0 saturated heterocycles. The Balaban J connectivity index is 1.39. The van der Waals surface area contributed by atoms with Crippen LogP contribution in [0.1, 0.15) is 22.8 Å². The molecule has 1 aromatic heterocycles. The number of hydrogen-bond acceptors (Lipinski definition) is 7. The molecule has 35 heavy (non-hydrogen) atoms. The Hall–Kier alpha value is -3.44. The molecular weight excluding hydrogens is 575 g/mol. The van der Waals surface area contributed by atoms with Crippen molar-refractivity contribution in [3.05, 3.63) is 86.8 Å². The van der Waals surface area contributed by atoms with Gasteiger partial charge < -0.3 is 14.8 Å². The first-order chi connectivity index (χ1) is 17.1. The number of benzene rings is 3. The number of ether oxygens (including phenoxy) is 2. The highest BCUT2D eigenvalue weighted by atomic mass is 127. The van der Waals surface area contributed by atoms with E-state index in [4.69, 9.17) is 9.47 Å². The molecule has 4 aromatic rings. The van der Waals surface area contributed by atoms with Crippen LogP contribution in [-0.4, -0.2) is 30.8 Å². The number of para-hydroxylation sites is 1. The molecule has 0 fully saturated rings. The molecule has 0 atom stereocenters. The Labute approximate surface area is 221 Å². The summed E-state index contributed by atoms with van der Waals surface area (Å²) in [5.41, 5.74) is 6.62. The second kappa shape index (κ2) is 11.8. The van der Waals surface area contributed by atoms with Crippen LogP contribution in [0.4, 0.5) is 10.8 Å². The van der Waals surface area contributed by atoms with E-state index in [1.165, 1.54) is 11.3 Å². The first-order valence-corrected chi connectivity index (χ1v) is 12.7. The lowest BCUT2D eigenvalue weighted by Crippen LogP contribution is -2.17. The maximum absolute atomic E-state index is 12.5. The number of rotatable bonds is 9. The number of nitrogens with zero attached hydrogens (tertiary/aromatic N) is 2. The van der Waals surface area contributed by atoms with Crippen molar-refractivity contribution >= 4 is 56.9 Å². The van der Waals surface area contributed by atoms with Gasteiger partial charge >= 0.3 is 0 Å². The number of hydrazone groups is 1. The zero-order chi connectivity index (χ0) is 24.6. The molecule has 9 heteroatoms. The van der Waals surface area contributed by atoms with Crippen LogP contribution in [0.25, 0.3) is 11.3 Å². The number of carbonyl (C=O) groups excluding carboxylic acids is 1. The van der Waals surface area contributed by atoms with E-state index in [0.717, 1.165) is 31.2 Å². The van der Waals surface area contributed by atoms with Crippen molar-refractivity contribution in [3.63, 3.8) is 0 Å². The van der Waals surface area contributed by atoms with Crippen molar-refractivity contribution in [3.8, 4) is 22.8 Å². The third-order valence-electron chi connectivity index (χ3n) is 4.89. The van der Waals surface area contributed by atoms with Crippen molar-refractivity contribution < 1.29 is 14.3 Å². The van der Waals surface area contributed by atoms with Crippen molar-refractivity contribution in [2.75, 3.05) is 19.0 Å². The van der Waals surface area contributed by atoms with Gasteiger partial charge in [0.1, 0.15) is 0 Å². The minimum atomic E-state index is -0.300. The normalized spacial score (nSPS) is 10.8. The Kier molecular flexibility index (Phi) is 8.32. The topological polar surface area (TPSA) is 84.8 Å². The third-order valence-corrected chi connectivity index (χ3v) is 6.45.